The van der Waals surface area contributed by atoms with E-state index >= 15 is 0 Å². The topological polar surface area (TPSA) is 58.2 Å². The molecule has 2 aliphatic rings. The van der Waals surface area contributed by atoms with Gasteiger partial charge in [0.15, 0.2) is 0 Å². The van der Waals surface area contributed by atoms with E-state index in [2.05, 4.69) is 34.9 Å². The molecule has 2 aromatic carbocycles. The summed E-state index contributed by atoms with van der Waals surface area (Å²) in [5.74, 6) is 1.37. The number of unbranched alkanes of at least 4 members (excludes halogenated alkanes) is 1. The van der Waals surface area contributed by atoms with Gasteiger partial charge in [-0.3, -0.25) is 9.59 Å². The Bertz CT molecular complexity index is 736. The Labute approximate surface area is 166 Å². The lowest BCUT2D eigenvalue weighted by molar-refractivity contribution is -0.123. The smallest absolute Gasteiger partial charge is 0.223 e. The summed E-state index contributed by atoms with van der Waals surface area (Å²) in [6, 6.07) is 20.5. The van der Waals surface area contributed by atoms with Crippen LogP contribution in [0.15, 0.2) is 60.7 Å². The van der Waals surface area contributed by atoms with Crippen LogP contribution >= 0.6 is 0 Å². The Balaban J connectivity index is 1.06. The molecule has 0 aliphatic heterocycles. The highest BCUT2D eigenvalue weighted by Crippen LogP contribution is 2.48. The van der Waals surface area contributed by atoms with Crippen LogP contribution in [0.3, 0.4) is 0 Å². The fraction of sp³-hybridized carbons (Fsp3) is 0.417. The fourth-order valence-corrected chi connectivity index (χ4v) is 4.04. The number of amides is 2. The van der Waals surface area contributed by atoms with E-state index < -0.39 is 0 Å². The van der Waals surface area contributed by atoms with Crippen LogP contribution < -0.4 is 10.6 Å². The number of carbonyl (C=O) groups is 2. The van der Waals surface area contributed by atoms with Gasteiger partial charge in [0.25, 0.3) is 0 Å². The van der Waals surface area contributed by atoms with Gasteiger partial charge >= 0.3 is 0 Å². The first-order valence-corrected chi connectivity index (χ1v) is 10.4. The Kier molecular flexibility index (Phi) is 5.75. The molecule has 0 spiro atoms. The van der Waals surface area contributed by atoms with E-state index in [1.54, 1.807) is 0 Å². The second-order valence-electron chi connectivity index (χ2n) is 8.01. The van der Waals surface area contributed by atoms with Crippen molar-refractivity contribution in [2.75, 3.05) is 13.1 Å². The third kappa shape index (κ3) is 4.61. The van der Waals surface area contributed by atoms with Crippen LogP contribution in [0.5, 0.6) is 0 Å². The largest absolute Gasteiger partial charge is 0.356 e. The number of carbonyl (C=O) groups excluding carboxylic acids is 2. The molecule has 4 atom stereocenters. The van der Waals surface area contributed by atoms with Crippen molar-refractivity contribution in [1.82, 2.24) is 10.6 Å². The van der Waals surface area contributed by atoms with Crippen molar-refractivity contribution < 1.29 is 9.59 Å². The first-order chi connectivity index (χ1) is 13.7. The molecule has 0 aromatic heterocycles. The van der Waals surface area contributed by atoms with E-state index in [1.807, 2.05) is 36.4 Å². The van der Waals surface area contributed by atoms with E-state index in [0.717, 1.165) is 25.7 Å². The van der Waals surface area contributed by atoms with Gasteiger partial charge in [0, 0.05) is 24.9 Å². The van der Waals surface area contributed by atoms with Crippen LogP contribution in [0.1, 0.15) is 48.6 Å². The Morgan fingerprint density at radius 2 is 1.07 bits per heavy atom. The number of rotatable bonds is 9. The molecule has 2 saturated carbocycles. The molecule has 0 bridgehead atoms. The minimum atomic E-state index is 0.131. The standard InChI is InChI=1S/C24H28N2O2/c27-23(21-15-19(21)17-9-3-1-4-10-17)25-13-7-8-14-26-24(28)22-16-20(22)18-11-5-2-6-12-18/h1-6,9-12,19-22H,7-8,13-16H2,(H,25,27)(H,26,28). The van der Waals surface area contributed by atoms with E-state index in [0.29, 0.717) is 24.9 Å². The van der Waals surface area contributed by atoms with Gasteiger partial charge in [0.1, 0.15) is 0 Å². The summed E-state index contributed by atoms with van der Waals surface area (Å²) < 4.78 is 0. The number of hydrogen-bond donors (Lipinski definition) is 2. The summed E-state index contributed by atoms with van der Waals surface area (Å²) in [7, 11) is 0. The predicted octanol–water partition coefficient (Wildman–Crippen LogP) is 3.61. The summed E-state index contributed by atoms with van der Waals surface area (Å²) in [5.41, 5.74) is 2.53. The summed E-state index contributed by atoms with van der Waals surface area (Å²) in [6.07, 6.45) is 3.69. The Hall–Kier alpha value is -2.62. The molecule has 4 unspecified atom stereocenters. The Morgan fingerprint density at radius 3 is 1.46 bits per heavy atom. The third-order valence-corrected chi connectivity index (χ3v) is 5.91. The SMILES string of the molecule is O=C(NCCCCNC(=O)C1CC1c1ccccc1)C1CC1c1ccccc1. The van der Waals surface area contributed by atoms with Gasteiger partial charge in [-0.25, -0.2) is 0 Å². The number of nitrogens with one attached hydrogen (secondary N) is 2. The van der Waals surface area contributed by atoms with Crippen molar-refractivity contribution >= 4 is 11.8 Å². The van der Waals surface area contributed by atoms with Crippen molar-refractivity contribution in [1.29, 1.82) is 0 Å². The molecule has 2 fully saturated rings. The van der Waals surface area contributed by atoms with Crippen LogP contribution in [-0.2, 0) is 9.59 Å². The minimum absolute atomic E-state index is 0.131. The molecule has 2 aromatic rings. The lowest BCUT2D eigenvalue weighted by Gasteiger charge is -2.07. The van der Waals surface area contributed by atoms with E-state index in [9.17, 15) is 9.59 Å². The zero-order valence-corrected chi connectivity index (χ0v) is 16.1. The predicted molar refractivity (Wildman–Crippen MR) is 110 cm³/mol. The average molecular weight is 377 g/mol. The van der Waals surface area contributed by atoms with Gasteiger partial charge in [-0.1, -0.05) is 60.7 Å². The summed E-state index contributed by atoms with van der Waals surface area (Å²) in [6.45, 7) is 1.37. The van der Waals surface area contributed by atoms with Crippen molar-refractivity contribution in [2.24, 2.45) is 11.8 Å². The molecule has 4 heteroatoms. The molecule has 2 amide bonds. The molecule has 0 radical (unpaired) electrons. The normalized spacial score (nSPS) is 25.0. The van der Waals surface area contributed by atoms with Crippen LogP contribution in [0.4, 0.5) is 0 Å². The quantitative estimate of drug-likeness (QED) is 0.657. The van der Waals surface area contributed by atoms with E-state index in [1.165, 1.54) is 11.1 Å². The van der Waals surface area contributed by atoms with Crippen LogP contribution in [0, 0.1) is 11.8 Å². The van der Waals surface area contributed by atoms with Gasteiger partial charge < -0.3 is 10.6 Å². The second kappa shape index (κ2) is 8.59. The molecule has 4 rings (SSSR count). The third-order valence-electron chi connectivity index (χ3n) is 5.91. The van der Waals surface area contributed by atoms with Gasteiger partial charge in [-0.05, 0) is 48.6 Å². The van der Waals surface area contributed by atoms with Crippen molar-refractivity contribution in [3.8, 4) is 0 Å². The zero-order valence-electron chi connectivity index (χ0n) is 16.1. The summed E-state index contributed by atoms with van der Waals surface area (Å²) in [5, 5.41) is 6.09. The molecule has 0 saturated heterocycles. The molecule has 4 nitrogen and oxygen atoms in total. The minimum Gasteiger partial charge on any atom is -0.356 e. The van der Waals surface area contributed by atoms with Gasteiger partial charge in [-0.2, -0.15) is 0 Å². The van der Waals surface area contributed by atoms with E-state index in [4.69, 9.17) is 0 Å². The highest BCUT2D eigenvalue weighted by molar-refractivity contribution is 5.83. The molecular weight excluding hydrogens is 348 g/mol. The highest BCUT2D eigenvalue weighted by Gasteiger charge is 2.44. The van der Waals surface area contributed by atoms with Gasteiger partial charge in [-0.15, -0.1) is 0 Å². The summed E-state index contributed by atoms with van der Waals surface area (Å²) >= 11 is 0. The molecule has 0 heterocycles. The zero-order chi connectivity index (χ0) is 19.3. The lowest BCUT2D eigenvalue weighted by Crippen LogP contribution is -2.29. The van der Waals surface area contributed by atoms with Crippen molar-refractivity contribution in [2.45, 2.75) is 37.5 Å². The van der Waals surface area contributed by atoms with Crippen LogP contribution in [0.2, 0.25) is 0 Å². The monoisotopic (exact) mass is 376 g/mol. The van der Waals surface area contributed by atoms with E-state index in [-0.39, 0.29) is 23.7 Å². The molecule has 146 valence electrons. The molecular formula is C24H28N2O2. The van der Waals surface area contributed by atoms with Crippen LogP contribution in [-0.4, -0.2) is 24.9 Å². The maximum atomic E-state index is 12.2. The maximum absolute atomic E-state index is 12.2. The van der Waals surface area contributed by atoms with Crippen molar-refractivity contribution in [3.05, 3.63) is 71.8 Å². The fourth-order valence-electron chi connectivity index (χ4n) is 4.04. The van der Waals surface area contributed by atoms with Gasteiger partial charge in [0.2, 0.25) is 11.8 Å². The molecule has 2 N–H and O–H groups in total. The molecule has 28 heavy (non-hydrogen) atoms. The lowest BCUT2D eigenvalue weighted by atomic mass is 10.1. The summed E-state index contributed by atoms with van der Waals surface area (Å²) in [4.78, 5) is 24.4. The number of hydrogen-bond acceptors (Lipinski definition) is 2. The first-order valence-electron chi connectivity index (χ1n) is 10.4. The van der Waals surface area contributed by atoms with Crippen LogP contribution in [0.25, 0.3) is 0 Å². The average Bonchev–Trinajstić information content (AvgIpc) is 3.64. The van der Waals surface area contributed by atoms with Gasteiger partial charge in [0.05, 0.1) is 0 Å². The first kappa shape index (κ1) is 18.7. The number of benzene rings is 2. The Morgan fingerprint density at radius 1 is 0.679 bits per heavy atom. The second-order valence-corrected chi connectivity index (χ2v) is 8.01. The molecule has 2 aliphatic carbocycles. The van der Waals surface area contributed by atoms with Crippen molar-refractivity contribution in [3.63, 3.8) is 0 Å². The maximum Gasteiger partial charge on any atom is 0.223 e. The highest BCUT2D eigenvalue weighted by atomic mass is 16.2.